The van der Waals surface area contributed by atoms with Crippen LogP contribution >= 0.6 is 0 Å². The molecule has 9 nitrogen and oxygen atoms in total. The lowest BCUT2D eigenvalue weighted by atomic mass is 10.1. The zero-order chi connectivity index (χ0) is 22.6. The topological polar surface area (TPSA) is 111 Å². The molecule has 9 heteroatoms. The lowest BCUT2D eigenvalue weighted by Crippen LogP contribution is -2.44. The summed E-state index contributed by atoms with van der Waals surface area (Å²) in [5, 5.41) is 17.2. The second-order valence-corrected chi connectivity index (χ2v) is 8.65. The second kappa shape index (κ2) is 9.58. The lowest BCUT2D eigenvalue weighted by molar-refractivity contribution is -0.115. The van der Waals surface area contributed by atoms with Crippen LogP contribution in [0.1, 0.15) is 49.2 Å². The SMILES string of the molecule is CCC(=O)Nc1cccc(Cc2nc(Nc3cc(C4CC4)[nH]n3)cc(N3CCNCC3)n2)c1. The van der Waals surface area contributed by atoms with E-state index in [-0.39, 0.29) is 5.91 Å². The number of aromatic amines is 1. The first-order valence-corrected chi connectivity index (χ1v) is 11.7. The van der Waals surface area contributed by atoms with Crippen molar-refractivity contribution in [2.45, 2.75) is 38.5 Å². The van der Waals surface area contributed by atoms with Gasteiger partial charge in [0.15, 0.2) is 5.82 Å². The Balaban J connectivity index is 1.39. The van der Waals surface area contributed by atoms with Crippen molar-refractivity contribution in [2.24, 2.45) is 0 Å². The Morgan fingerprint density at radius 1 is 1.12 bits per heavy atom. The zero-order valence-corrected chi connectivity index (χ0v) is 18.9. The van der Waals surface area contributed by atoms with E-state index in [0.29, 0.717) is 18.8 Å². The second-order valence-electron chi connectivity index (χ2n) is 8.65. The number of H-pyrrole nitrogens is 1. The van der Waals surface area contributed by atoms with Crippen molar-refractivity contribution < 1.29 is 4.79 Å². The molecule has 1 saturated heterocycles. The van der Waals surface area contributed by atoms with E-state index in [9.17, 15) is 4.79 Å². The number of rotatable bonds is 8. The first-order valence-electron chi connectivity index (χ1n) is 11.7. The van der Waals surface area contributed by atoms with Crippen LogP contribution in [0.3, 0.4) is 0 Å². The molecule has 3 heterocycles. The molecule has 1 aliphatic heterocycles. The minimum atomic E-state index is 0.000149. The summed E-state index contributed by atoms with van der Waals surface area (Å²) >= 11 is 0. The fraction of sp³-hybridized carbons (Fsp3) is 0.417. The number of hydrogen-bond donors (Lipinski definition) is 4. The van der Waals surface area contributed by atoms with Gasteiger partial charge in [-0.25, -0.2) is 9.97 Å². The van der Waals surface area contributed by atoms with E-state index in [2.05, 4.69) is 37.1 Å². The molecule has 0 atom stereocenters. The first-order chi connectivity index (χ1) is 16.2. The molecule has 2 aromatic heterocycles. The van der Waals surface area contributed by atoms with Crippen LogP contribution in [0.25, 0.3) is 0 Å². The number of carbonyl (C=O) groups excluding carboxylic acids is 1. The molecule has 0 radical (unpaired) electrons. The van der Waals surface area contributed by atoms with Crippen LogP contribution in [0.4, 0.5) is 23.1 Å². The molecule has 0 unspecified atom stereocenters. The van der Waals surface area contributed by atoms with E-state index < -0.39 is 0 Å². The molecule has 0 spiro atoms. The molecule has 2 fully saturated rings. The first kappa shape index (κ1) is 21.4. The van der Waals surface area contributed by atoms with Crippen molar-refractivity contribution in [1.29, 1.82) is 0 Å². The van der Waals surface area contributed by atoms with Gasteiger partial charge in [0.2, 0.25) is 5.91 Å². The van der Waals surface area contributed by atoms with Gasteiger partial charge in [-0.1, -0.05) is 19.1 Å². The predicted octanol–water partition coefficient (Wildman–Crippen LogP) is 3.17. The molecule has 1 amide bonds. The van der Waals surface area contributed by atoms with Crippen LogP contribution in [0.15, 0.2) is 36.4 Å². The monoisotopic (exact) mass is 446 g/mol. The van der Waals surface area contributed by atoms with Crippen molar-refractivity contribution >= 4 is 29.0 Å². The summed E-state index contributed by atoms with van der Waals surface area (Å²) in [6, 6.07) is 11.9. The van der Waals surface area contributed by atoms with Crippen LogP contribution < -0.4 is 20.9 Å². The van der Waals surface area contributed by atoms with Crippen molar-refractivity contribution in [2.75, 3.05) is 41.7 Å². The van der Waals surface area contributed by atoms with Gasteiger partial charge in [0.05, 0.1) is 0 Å². The largest absolute Gasteiger partial charge is 0.354 e. The van der Waals surface area contributed by atoms with Crippen LogP contribution in [0.2, 0.25) is 0 Å². The molecule has 1 aromatic carbocycles. The maximum absolute atomic E-state index is 11.8. The quantitative estimate of drug-likeness (QED) is 0.421. The highest BCUT2D eigenvalue weighted by Crippen LogP contribution is 2.39. The van der Waals surface area contributed by atoms with Crippen molar-refractivity contribution in [3.63, 3.8) is 0 Å². The molecule has 3 aromatic rings. The number of piperazine rings is 1. The molecule has 4 N–H and O–H groups in total. The maximum Gasteiger partial charge on any atom is 0.224 e. The Labute approximate surface area is 193 Å². The van der Waals surface area contributed by atoms with E-state index >= 15 is 0 Å². The van der Waals surface area contributed by atoms with Gasteiger partial charge < -0.3 is 20.9 Å². The Morgan fingerprint density at radius 2 is 1.97 bits per heavy atom. The molecular weight excluding hydrogens is 416 g/mol. The van der Waals surface area contributed by atoms with Gasteiger partial charge in [-0.2, -0.15) is 5.10 Å². The minimum absolute atomic E-state index is 0.000149. The summed E-state index contributed by atoms with van der Waals surface area (Å²) in [7, 11) is 0. The molecule has 33 heavy (non-hydrogen) atoms. The highest BCUT2D eigenvalue weighted by molar-refractivity contribution is 5.90. The number of nitrogens with zero attached hydrogens (tertiary/aromatic N) is 4. The average molecular weight is 447 g/mol. The van der Waals surface area contributed by atoms with Gasteiger partial charge in [0.25, 0.3) is 0 Å². The van der Waals surface area contributed by atoms with Gasteiger partial charge in [0.1, 0.15) is 17.5 Å². The summed E-state index contributed by atoms with van der Waals surface area (Å²) in [6.45, 7) is 5.53. The maximum atomic E-state index is 11.8. The summed E-state index contributed by atoms with van der Waals surface area (Å²) in [5.41, 5.74) is 3.02. The third-order valence-electron chi connectivity index (χ3n) is 5.97. The minimum Gasteiger partial charge on any atom is -0.354 e. The van der Waals surface area contributed by atoms with E-state index in [1.807, 2.05) is 37.3 Å². The Kier molecular flexibility index (Phi) is 6.21. The predicted molar refractivity (Wildman–Crippen MR) is 129 cm³/mol. The molecule has 172 valence electrons. The van der Waals surface area contributed by atoms with E-state index in [1.165, 1.54) is 18.5 Å². The molecule has 1 aliphatic carbocycles. The van der Waals surface area contributed by atoms with Crippen LogP contribution in [0, 0.1) is 0 Å². The average Bonchev–Trinajstić information content (AvgIpc) is 3.58. The van der Waals surface area contributed by atoms with Gasteiger partial charge in [-0.05, 0) is 30.5 Å². The van der Waals surface area contributed by atoms with Crippen molar-refractivity contribution in [3.05, 3.63) is 53.5 Å². The lowest BCUT2D eigenvalue weighted by Gasteiger charge is -2.28. The number of nitrogens with one attached hydrogen (secondary N) is 4. The normalized spacial score (nSPS) is 16.0. The number of hydrogen-bond acceptors (Lipinski definition) is 7. The number of amides is 1. The number of aromatic nitrogens is 4. The van der Waals surface area contributed by atoms with Crippen molar-refractivity contribution in [1.82, 2.24) is 25.5 Å². The smallest absolute Gasteiger partial charge is 0.224 e. The van der Waals surface area contributed by atoms with Crippen LogP contribution in [-0.4, -0.2) is 52.3 Å². The summed E-state index contributed by atoms with van der Waals surface area (Å²) in [6.07, 6.45) is 3.47. The fourth-order valence-corrected chi connectivity index (χ4v) is 4.01. The third kappa shape index (κ3) is 5.48. The summed E-state index contributed by atoms with van der Waals surface area (Å²) in [4.78, 5) is 23.7. The Morgan fingerprint density at radius 3 is 2.76 bits per heavy atom. The van der Waals surface area contributed by atoms with E-state index in [4.69, 9.17) is 9.97 Å². The third-order valence-corrected chi connectivity index (χ3v) is 5.97. The van der Waals surface area contributed by atoms with Crippen LogP contribution in [0.5, 0.6) is 0 Å². The highest BCUT2D eigenvalue weighted by atomic mass is 16.1. The van der Waals surface area contributed by atoms with E-state index in [0.717, 1.165) is 60.7 Å². The van der Waals surface area contributed by atoms with Gasteiger partial charge >= 0.3 is 0 Å². The number of anilines is 4. The summed E-state index contributed by atoms with van der Waals surface area (Å²) < 4.78 is 0. The molecule has 1 saturated carbocycles. The Bertz CT molecular complexity index is 1120. The molecule has 2 aliphatic rings. The van der Waals surface area contributed by atoms with Crippen LogP contribution in [-0.2, 0) is 11.2 Å². The summed E-state index contributed by atoms with van der Waals surface area (Å²) in [5.74, 6) is 3.77. The highest BCUT2D eigenvalue weighted by Gasteiger charge is 2.25. The standard InChI is InChI=1S/C24H30N8O/c1-2-24(33)26-18-5-3-4-16(12-18)13-20-27-21(15-23(29-20)32-10-8-25-9-11-32)28-22-14-19(30-31-22)17-6-7-17/h3-5,12,14-15,17,25H,2,6-11,13H2,1H3,(H,26,33)(H2,27,28,29,30,31). The van der Waals surface area contributed by atoms with Gasteiger partial charge in [-0.3, -0.25) is 9.89 Å². The van der Waals surface area contributed by atoms with E-state index in [1.54, 1.807) is 0 Å². The van der Waals surface area contributed by atoms with Gasteiger partial charge in [0, 0.05) is 68.5 Å². The number of benzene rings is 1. The number of carbonyl (C=O) groups is 1. The fourth-order valence-electron chi connectivity index (χ4n) is 4.01. The molecule has 0 bridgehead atoms. The van der Waals surface area contributed by atoms with Gasteiger partial charge in [-0.15, -0.1) is 0 Å². The molecule has 5 rings (SSSR count). The van der Waals surface area contributed by atoms with Crippen molar-refractivity contribution in [3.8, 4) is 0 Å². The Hall–Kier alpha value is -3.46. The molecular formula is C24H30N8O. The zero-order valence-electron chi connectivity index (χ0n) is 18.9.